The smallest absolute Gasteiger partial charge is 0.233 e. The van der Waals surface area contributed by atoms with E-state index in [1.807, 2.05) is 48.5 Å². The molecule has 1 aliphatic carbocycles. The Balaban J connectivity index is 1.20. The minimum Gasteiger partial charge on any atom is -0.497 e. The van der Waals surface area contributed by atoms with E-state index in [1.165, 1.54) is 0 Å². The number of benzene rings is 2. The Labute approximate surface area is 210 Å². The number of methoxy groups -OCH3 is 1. The Hall–Kier alpha value is -2.41. The summed E-state index contributed by atoms with van der Waals surface area (Å²) >= 11 is 7.81. The molecule has 1 saturated heterocycles. The van der Waals surface area contributed by atoms with Crippen LogP contribution in [0.3, 0.4) is 0 Å². The fourth-order valence-electron chi connectivity index (χ4n) is 5.25. The number of halogens is 1. The summed E-state index contributed by atoms with van der Waals surface area (Å²) in [4.78, 5) is 23.1. The van der Waals surface area contributed by atoms with Crippen molar-refractivity contribution >= 4 is 28.8 Å². The number of aromatic nitrogens is 1. The van der Waals surface area contributed by atoms with Crippen LogP contribution in [0.2, 0.25) is 5.02 Å². The molecule has 1 aliphatic heterocycles. The molecular weight excluding hydrogens is 466 g/mol. The van der Waals surface area contributed by atoms with E-state index in [0.29, 0.717) is 5.91 Å². The molecular formula is C27H30ClN3O2S. The Morgan fingerprint density at radius 3 is 2.35 bits per heavy atom. The third-order valence-corrected chi connectivity index (χ3v) is 8.30. The first-order valence-electron chi connectivity index (χ1n) is 11.9. The lowest BCUT2D eigenvalue weighted by molar-refractivity contribution is -0.139. The zero-order valence-electron chi connectivity index (χ0n) is 19.5. The van der Waals surface area contributed by atoms with Gasteiger partial charge in [-0.25, -0.2) is 4.98 Å². The summed E-state index contributed by atoms with van der Waals surface area (Å²) < 4.78 is 5.25. The standard InChI is InChI=1S/C27H30ClN3O2S/c1-33-23-10-4-20(5-11-23)24-19-34-25(29-24)18-30-14-16-31(17-15-30)26(32)27(12-2-3-13-27)21-6-8-22(28)9-7-21/h4-11,19H,2-3,12-18H2,1H3. The normalized spacial score (nSPS) is 18.2. The van der Waals surface area contributed by atoms with Gasteiger partial charge in [0, 0.05) is 42.1 Å². The zero-order valence-corrected chi connectivity index (χ0v) is 21.1. The highest BCUT2D eigenvalue weighted by Crippen LogP contribution is 2.43. The van der Waals surface area contributed by atoms with E-state index in [-0.39, 0.29) is 5.41 Å². The van der Waals surface area contributed by atoms with Crippen LogP contribution in [-0.4, -0.2) is 54.0 Å². The Kier molecular flexibility index (Phi) is 6.91. The summed E-state index contributed by atoms with van der Waals surface area (Å²) in [5.41, 5.74) is 2.84. The van der Waals surface area contributed by atoms with Gasteiger partial charge in [0.1, 0.15) is 10.8 Å². The van der Waals surface area contributed by atoms with Crippen LogP contribution in [0.25, 0.3) is 11.3 Å². The lowest BCUT2D eigenvalue weighted by atomic mass is 9.77. The Morgan fingerprint density at radius 2 is 1.71 bits per heavy atom. The zero-order chi connectivity index (χ0) is 23.5. The molecule has 2 fully saturated rings. The van der Waals surface area contributed by atoms with Crippen molar-refractivity contribution in [1.82, 2.24) is 14.8 Å². The number of amides is 1. The first-order chi connectivity index (χ1) is 16.6. The number of hydrogen-bond donors (Lipinski definition) is 0. The minimum atomic E-state index is -0.380. The molecule has 5 rings (SSSR count). The van der Waals surface area contributed by atoms with Crippen LogP contribution in [0, 0.1) is 0 Å². The van der Waals surface area contributed by atoms with Gasteiger partial charge in [0.05, 0.1) is 24.8 Å². The third kappa shape index (κ3) is 4.72. The topological polar surface area (TPSA) is 45.7 Å². The predicted octanol–water partition coefficient (Wildman–Crippen LogP) is 5.63. The maximum absolute atomic E-state index is 13.7. The number of nitrogens with zero attached hydrogens (tertiary/aromatic N) is 3. The van der Waals surface area contributed by atoms with Crippen molar-refractivity contribution in [3.63, 3.8) is 0 Å². The first-order valence-corrected chi connectivity index (χ1v) is 13.2. The molecule has 7 heteroatoms. The Bertz CT molecular complexity index is 1120. The fourth-order valence-corrected chi connectivity index (χ4v) is 6.23. The minimum absolute atomic E-state index is 0.294. The summed E-state index contributed by atoms with van der Waals surface area (Å²) in [6, 6.07) is 15.9. The highest BCUT2D eigenvalue weighted by Gasteiger charge is 2.45. The van der Waals surface area contributed by atoms with E-state index in [0.717, 1.165) is 91.0 Å². The van der Waals surface area contributed by atoms with Crippen LogP contribution >= 0.6 is 22.9 Å². The number of carbonyl (C=O) groups is 1. The van der Waals surface area contributed by atoms with E-state index in [2.05, 4.69) is 15.2 Å². The lowest BCUT2D eigenvalue weighted by Crippen LogP contribution is -2.53. The predicted molar refractivity (Wildman–Crippen MR) is 138 cm³/mol. The van der Waals surface area contributed by atoms with Crippen molar-refractivity contribution in [2.75, 3.05) is 33.3 Å². The van der Waals surface area contributed by atoms with Gasteiger partial charge in [0.2, 0.25) is 5.91 Å². The maximum atomic E-state index is 13.7. The highest BCUT2D eigenvalue weighted by atomic mass is 35.5. The molecule has 0 radical (unpaired) electrons. The van der Waals surface area contributed by atoms with Gasteiger partial charge in [0.15, 0.2) is 0 Å². The molecule has 1 aromatic heterocycles. The van der Waals surface area contributed by atoms with Crippen molar-refractivity contribution in [3.8, 4) is 17.0 Å². The second-order valence-electron chi connectivity index (χ2n) is 9.22. The second kappa shape index (κ2) is 10.1. The highest BCUT2D eigenvalue weighted by molar-refractivity contribution is 7.09. The van der Waals surface area contributed by atoms with Gasteiger partial charge in [0.25, 0.3) is 0 Å². The first kappa shape index (κ1) is 23.3. The van der Waals surface area contributed by atoms with Gasteiger partial charge in [-0.3, -0.25) is 9.69 Å². The molecule has 0 N–H and O–H groups in total. The third-order valence-electron chi connectivity index (χ3n) is 7.22. The van der Waals surface area contributed by atoms with E-state index in [9.17, 15) is 4.79 Å². The van der Waals surface area contributed by atoms with Crippen LogP contribution < -0.4 is 4.74 Å². The molecule has 2 heterocycles. The molecule has 0 bridgehead atoms. The van der Waals surface area contributed by atoms with Gasteiger partial charge in [-0.15, -0.1) is 11.3 Å². The van der Waals surface area contributed by atoms with Crippen LogP contribution in [0.4, 0.5) is 0 Å². The molecule has 0 atom stereocenters. The number of rotatable bonds is 6. The average molecular weight is 496 g/mol. The molecule has 2 aliphatic rings. The monoisotopic (exact) mass is 495 g/mol. The molecule has 34 heavy (non-hydrogen) atoms. The molecule has 3 aromatic rings. The summed E-state index contributed by atoms with van der Waals surface area (Å²) in [5.74, 6) is 1.14. The number of piperazine rings is 1. The SMILES string of the molecule is COc1ccc(-c2csc(CN3CCN(C(=O)C4(c5ccc(Cl)cc5)CCCC4)CC3)n2)cc1. The lowest BCUT2D eigenvalue weighted by Gasteiger charge is -2.40. The summed E-state index contributed by atoms with van der Waals surface area (Å²) in [6.45, 7) is 4.11. The quantitative estimate of drug-likeness (QED) is 0.444. The van der Waals surface area contributed by atoms with Crippen LogP contribution in [0.5, 0.6) is 5.75 Å². The molecule has 1 amide bonds. The Morgan fingerprint density at radius 1 is 1.03 bits per heavy atom. The van der Waals surface area contributed by atoms with Gasteiger partial charge in [-0.2, -0.15) is 0 Å². The molecule has 2 aromatic carbocycles. The van der Waals surface area contributed by atoms with E-state index in [1.54, 1.807) is 18.4 Å². The fraction of sp³-hybridized carbons (Fsp3) is 0.407. The number of thiazole rings is 1. The number of carbonyl (C=O) groups excluding carboxylic acids is 1. The second-order valence-corrected chi connectivity index (χ2v) is 10.6. The number of hydrogen-bond acceptors (Lipinski definition) is 5. The van der Waals surface area contributed by atoms with Crippen molar-refractivity contribution in [3.05, 3.63) is 69.5 Å². The molecule has 0 spiro atoms. The van der Waals surface area contributed by atoms with Gasteiger partial charge in [-0.1, -0.05) is 36.6 Å². The van der Waals surface area contributed by atoms with Gasteiger partial charge >= 0.3 is 0 Å². The molecule has 0 unspecified atom stereocenters. The molecule has 1 saturated carbocycles. The van der Waals surface area contributed by atoms with E-state index in [4.69, 9.17) is 21.3 Å². The van der Waals surface area contributed by atoms with Crippen molar-refractivity contribution in [1.29, 1.82) is 0 Å². The van der Waals surface area contributed by atoms with E-state index < -0.39 is 0 Å². The summed E-state index contributed by atoms with van der Waals surface area (Å²) in [7, 11) is 1.68. The maximum Gasteiger partial charge on any atom is 0.233 e. The largest absolute Gasteiger partial charge is 0.497 e. The van der Waals surface area contributed by atoms with Gasteiger partial charge in [-0.05, 0) is 54.8 Å². The van der Waals surface area contributed by atoms with Gasteiger partial charge < -0.3 is 9.64 Å². The summed E-state index contributed by atoms with van der Waals surface area (Å²) in [6.07, 6.45) is 4.08. The molecule has 178 valence electrons. The van der Waals surface area contributed by atoms with Crippen LogP contribution in [0.1, 0.15) is 36.3 Å². The van der Waals surface area contributed by atoms with Crippen molar-refractivity contribution in [2.45, 2.75) is 37.6 Å². The van der Waals surface area contributed by atoms with E-state index >= 15 is 0 Å². The average Bonchev–Trinajstić information content (AvgIpc) is 3.56. The van der Waals surface area contributed by atoms with Crippen molar-refractivity contribution < 1.29 is 9.53 Å². The summed E-state index contributed by atoms with van der Waals surface area (Å²) in [5, 5.41) is 3.95. The van der Waals surface area contributed by atoms with Crippen LogP contribution in [-0.2, 0) is 16.8 Å². The molecule has 5 nitrogen and oxygen atoms in total. The van der Waals surface area contributed by atoms with Crippen LogP contribution in [0.15, 0.2) is 53.9 Å². The van der Waals surface area contributed by atoms with Crippen molar-refractivity contribution in [2.24, 2.45) is 0 Å². The number of ether oxygens (including phenoxy) is 1.